The summed E-state index contributed by atoms with van der Waals surface area (Å²) in [6, 6.07) is 8.13. The second-order valence-corrected chi connectivity index (χ2v) is 9.18. The van der Waals surface area contributed by atoms with E-state index in [0.717, 1.165) is 24.7 Å². The minimum atomic E-state index is -0.861. The van der Waals surface area contributed by atoms with E-state index in [4.69, 9.17) is 4.74 Å². The molecule has 1 heterocycles. The Morgan fingerprint density at radius 2 is 2.04 bits per heavy atom. The lowest BCUT2D eigenvalue weighted by atomic mass is 10.1. The van der Waals surface area contributed by atoms with Crippen LogP contribution in [0.25, 0.3) is 0 Å². The maximum atomic E-state index is 12.1. The first kappa shape index (κ1) is 22.2. The highest BCUT2D eigenvalue weighted by atomic mass is 127. The molecule has 1 aromatic carbocycles. The summed E-state index contributed by atoms with van der Waals surface area (Å²) in [7, 11) is -0.861. The van der Waals surface area contributed by atoms with E-state index in [1.165, 1.54) is 5.56 Å². The molecule has 0 fully saturated rings. The number of hydrogen-bond donors (Lipinski definition) is 2. The highest BCUT2D eigenvalue weighted by Gasteiger charge is 2.22. The molecule has 1 aromatic rings. The van der Waals surface area contributed by atoms with Crippen LogP contribution < -0.4 is 15.4 Å². The first-order chi connectivity index (χ1) is 11.4. The van der Waals surface area contributed by atoms with Crippen LogP contribution >= 0.6 is 24.0 Å². The third kappa shape index (κ3) is 7.13. The normalized spacial score (nSPS) is 17.9. The molecule has 2 atom stereocenters. The molecule has 7 heteroatoms. The van der Waals surface area contributed by atoms with Crippen molar-refractivity contribution in [2.75, 3.05) is 25.4 Å². The van der Waals surface area contributed by atoms with Gasteiger partial charge in [0.2, 0.25) is 0 Å². The number of benzene rings is 1. The lowest BCUT2D eigenvalue weighted by Crippen LogP contribution is -2.41. The van der Waals surface area contributed by atoms with E-state index in [-0.39, 0.29) is 34.8 Å². The molecule has 0 aromatic heterocycles. The van der Waals surface area contributed by atoms with Crippen LogP contribution in [-0.2, 0) is 17.2 Å². The van der Waals surface area contributed by atoms with E-state index < -0.39 is 10.8 Å². The van der Waals surface area contributed by atoms with Gasteiger partial charge in [-0.3, -0.25) is 4.21 Å². The first-order valence-electron chi connectivity index (χ1n) is 8.55. The van der Waals surface area contributed by atoms with Crippen molar-refractivity contribution in [3.05, 3.63) is 29.8 Å². The first-order valence-corrected chi connectivity index (χ1v) is 9.87. The zero-order valence-electron chi connectivity index (χ0n) is 15.5. The Balaban J connectivity index is 0.00000312. The van der Waals surface area contributed by atoms with Crippen LogP contribution in [0.4, 0.5) is 0 Å². The fourth-order valence-corrected chi connectivity index (χ4v) is 3.36. The molecule has 2 unspecified atom stereocenters. The molecule has 0 spiro atoms. The smallest absolute Gasteiger partial charge is 0.191 e. The molecule has 0 amide bonds. The van der Waals surface area contributed by atoms with Crippen molar-refractivity contribution in [1.82, 2.24) is 10.6 Å². The third-order valence-corrected chi connectivity index (χ3v) is 5.71. The highest BCUT2D eigenvalue weighted by molar-refractivity contribution is 14.0. The molecule has 0 aliphatic carbocycles. The highest BCUT2D eigenvalue weighted by Crippen LogP contribution is 2.28. The zero-order chi connectivity index (χ0) is 17.6. The predicted octanol–water partition coefficient (Wildman–Crippen LogP) is 2.71. The number of para-hydroxylation sites is 1. The number of nitrogens with zero attached hydrogens (tertiary/aromatic N) is 1. The Hall–Kier alpha value is -0.830. The average Bonchev–Trinajstić information content (AvgIpc) is 2.94. The lowest BCUT2D eigenvalue weighted by Gasteiger charge is -2.18. The van der Waals surface area contributed by atoms with Gasteiger partial charge in [0.15, 0.2) is 5.96 Å². The van der Waals surface area contributed by atoms with Crippen LogP contribution in [0.3, 0.4) is 0 Å². The third-order valence-electron chi connectivity index (χ3n) is 3.77. The summed E-state index contributed by atoms with van der Waals surface area (Å²) in [6.45, 7) is 10.1. The van der Waals surface area contributed by atoms with E-state index in [9.17, 15) is 4.21 Å². The van der Waals surface area contributed by atoms with Crippen molar-refractivity contribution in [1.29, 1.82) is 0 Å². The van der Waals surface area contributed by atoms with Gasteiger partial charge in [0.05, 0.1) is 6.54 Å². The molecule has 2 rings (SSSR count). The summed E-state index contributed by atoms with van der Waals surface area (Å²) in [6.07, 6.45) is 0.981. The quantitative estimate of drug-likeness (QED) is 0.374. The number of fused-ring (bicyclic) bond motifs is 1. The van der Waals surface area contributed by atoms with Gasteiger partial charge in [0.1, 0.15) is 11.9 Å². The van der Waals surface area contributed by atoms with E-state index in [2.05, 4.69) is 21.7 Å². The number of aliphatic imine (C=N–C) groups is 1. The van der Waals surface area contributed by atoms with Gasteiger partial charge < -0.3 is 15.4 Å². The van der Waals surface area contributed by atoms with Crippen molar-refractivity contribution >= 4 is 40.7 Å². The van der Waals surface area contributed by atoms with Gasteiger partial charge in [-0.05, 0) is 39.3 Å². The second kappa shape index (κ2) is 10.4. The summed E-state index contributed by atoms with van der Waals surface area (Å²) in [4.78, 5) is 4.61. The van der Waals surface area contributed by atoms with Crippen LogP contribution in [0.1, 0.15) is 33.3 Å². The topological polar surface area (TPSA) is 62.7 Å². The Morgan fingerprint density at radius 1 is 1.32 bits per heavy atom. The van der Waals surface area contributed by atoms with Crippen LogP contribution in [0.5, 0.6) is 5.75 Å². The minimum Gasteiger partial charge on any atom is -0.488 e. The number of guanidine groups is 1. The van der Waals surface area contributed by atoms with Gasteiger partial charge in [0, 0.05) is 40.8 Å². The maximum Gasteiger partial charge on any atom is 0.191 e. The van der Waals surface area contributed by atoms with Crippen LogP contribution in [0.15, 0.2) is 29.3 Å². The Bertz CT molecular complexity index is 577. The summed E-state index contributed by atoms with van der Waals surface area (Å²) >= 11 is 0. The SMILES string of the molecule is CCNC(=NCC1Cc2ccccc2O1)NCCS(=O)C(C)(C)C.I. The van der Waals surface area contributed by atoms with Crippen molar-refractivity contribution in [3.8, 4) is 5.75 Å². The van der Waals surface area contributed by atoms with Gasteiger partial charge in [-0.1, -0.05) is 18.2 Å². The van der Waals surface area contributed by atoms with Gasteiger partial charge in [-0.25, -0.2) is 4.99 Å². The number of rotatable bonds is 6. The molecule has 25 heavy (non-hydrogen) atoms. The van der Waals surface area contributed by atoms with E-state index in [0.29, 0.717) is 18.8 Å². The van der Waals surface area contributed by atoms with Crippen LogP contribution in [-0.4, -0.2) is 46.4 Å². The van der Waals surface area contributed by atoms with Crippen molar-refractivity contribution < 1.29 is 8.95 Å². The lowest BCUT2D eigenvalue weighted by molar-refractivity contribution is 0.241. The number of hydrogen-bond acceptors (Lipinski definition) is 3. The number of ether oxygens (including phenoxy) is 1. The summed E-state index contributed by atoms with van der Waals surface area (Å²) in [5.41, 5.74) is 1.25. The Morgan fingerprint density at radius 3 is 2.68 bits per heavy atom. The van der Waals surface area contributed by atoms with Gasteiger partial charge in [0.25, 0.3) is 0 Å². The molecule has 0 bridgehead atoms. The number of nitrogens with one attached hydrogen (secondary N) is 2. The van der Waals surface area contributed by atoms with Crippen LogP contribution in [0.2, 0.25) is 0 Å². The minimum absolute atomic E-state index is 0. The molecule has 0 saturated carbocycles. The molecular weight excluding hydrogens is 449 g/mol. The average molecular weight is 479 g/mol. The largest absolute Gasteiger partial charge is 0.488 e. The van der Waals surface area contributed by atoms with Gasteiger partial charge in [-0.15, -0.1) is 24.0 Å². The zero-order valence-corrected chi connectivity index (χ0v) is 18.6. The molecule has 0 saturated heterocycles. The van der Waals surface area contributed by atoms with Crippen LogP contribution in [0, 0.1) is 0 Å². The monoisotopic (exact) mass is 479 g/mol. The number of halogens is 1. The van der Waals surface area contributed by atoms with E-state index >= 15 is 0 Å². The summed E-state index contributed by atoms with van der Waals surface area (Å²) < 4.78 is 17.8. The summed E-state index contributed by atoms with van der Waals surface area (Å²) in [5, 5.41) is 6.48. The Kier molecular flexibility index (Phi) is 9.20. The van der Waals surface area contributed by atoms with Crippen molar-refractivity contribution in [3.63, 3.8) is 0 Å². The fourth-order valence-electron chi connectivity index (χ4n) is 2.46. The molecule has 142 valence electrons. The Labute approximate surface area is 170 Å². The molecule has 0 radical (unpaired) electrons. The molecular formula is C18H30IN3O2S. The standard InChI is InChI=1S/C18H29N3O2S.HI/c1-5-19-17(20-10-11-24(22)18(2,3)4)21-13-15-12-14-8-6-7-9-16(14)23-15;/h6-9,15H,5,10-13H2,1-4H3,(H2,19,20,21);1H. The predicted molar refractivity (Wildman–Crippen MR) is 117 cm³/mol. The van der Waals surface area contributed by atoms with Gasteiger partial charge >= 0.3 is 0 Å². The van der Waals surface area contributed by atoms with Crippen molar-refractivity contribution in [2.45, 2.75) is 45.0 Å². The molecule has 1 aliphatic heterocycles. The molecule has 1 aliphatic rings. The second-order valence-electron chi connectivity index (χ2n) is 6.86. The van der Waals surface area contributed by atoms with E-state index in [1.54, 1.807) is 0 Å². The molecule has 5 nitrogen and oxygen atoms in total. The van der Waals surface area contributed by atoms with Gasteiger partial charge in [-0.2, -0.15) is 0 Å². The molecule has 2 N–H and O–H groups in total. The summed E-state index contributed by atoms with van der Waals surface area (Å²) in [5.74, 6) is 2.33. The van der Waals surface area contributed by atoms with Crippen molar-refractivity contribution in [2.24, 2.45) is 4.99 Å². The maximum absolute atomic E-state index is 12.1. The van der Waals surface area contributed by atoms with E-state index in [1.807, 2.05) is 45.9 Å². The fraction of sp³-hybridized carbons (Fsp3) is 0.611.